The summed E-state index contributed by atoms with van der Waals surface area (Å²) in [4.78, 5) is 17.3. The van der Waals surface area contributed by atoms with E-state index in [0.717, 1.165) is 29.4 Å². The molecule has 7 nitrogen and oxygen atoms in total. The van der Waals surface area contributed by atoms with Gasteiger partial charge in [0.25, 0.3) is 0 Å². The molecule has 0 aliphatic carbocycles. The van der Waals surface area contributed by atoms with E-state index >= 15 is 0 Å². The lowest BCUT2D eigenvalue weighted by Gasteiger charge is -2.11. The zero-order valence-corrected chi connectivity index (χ0v) is 14.2. The number of aromatic nitrogens is 1. The number of aromatic amines is 1. The molecule has 1 amide bonds. The Kier molecular flexibility index (Phi) is 7.05. The van der Waals surface area contributed by atoms with Crippen LogP contribution in [0.5, 0.6) is 5.75 Å². The molecule has 0 spiro atoms. The Morgan fingerprint density at radius 1 is 1.33 bits per heavy atom. The molecule has 7 heteroatoms. The monoisotopic (exact) mass is 335 g/mol. The van der Waals surface area contributed by atoms with Gasteiger partial charge in [-0.2, -0.15) is 0 Å². The second kappa shape index (κ2) is 9.27. The summed E-state index contributed by atoms with van der Waals surface area (Å²) in [6, 6.07) is 5.60. The number of fused-ring (bicyclic) bond motifs is 1. The first kappa shape index (κ1) is 18.3. The number of nitrogens with one attached hydrogen (secondary N) is 2. The fourth-order valence-corrected chi connectivity index (χ4v) is 2.37. The molecule has 0 aliphatic heterocycles. The number of hydrogen-bond acceptors (Lipinski definition) is 5. The van der Waals surface area contributed by atoms with Gasteiger partial charge in [0.05, 0.1) is 19.8 Å². The number of carbonyl (C=O) groups is 1. The van der Waals surface area contributed by atoms with E-state index in [9.17, 15) is 4.79 Å². The Morgan fingerprint density at radius 2 is 2.17 bits per heavy atom. The van der Waals surface area contributed by atoms with Crippen molar-refractivity contribution >= 4 is 17.0 Å². The first-order valence-corrected chi connectivity index (χ1v) is 8.00. The molecule has 0 saturated heterocycles. The normalized spacial score (nSPS) is 11.2. The highest BCUT2D eigenvalue weighted by Gasteiger charge is 2.12. The van der Waals surface area contributed by atoms with Crippen LogP contribution in [0.25, 0.3) is 10.9 Å². The highest BCUT2D eigenvalue weighted by molar-refractivity contribution is 5.91. The molecule has 0 radical (unpaired) electrons. The molecule has 2 rings (SSSR count). The number of hydrogen-bond donors (Lipinski definition) is 3. The van der Waals surface area contributed by atoms with Crippen LogP contribution in [0.4, 0.5) is 4.79 Å². The standard InChI is InChI=1S/C17H25N3O4/c1-20(2)8-6-13-12-19-14-4-3-5-15(16(13)14)24-17(22)18-7-10-23-11-9-21/h3-5,12,19,21H,6-11H2,1-2H3,(H,18,22). The summed E-state index contributed by atoms with van der Waals surface area (Å²) in [7, 11) is 4.05. The van der Waals surface area contributed by atoms with E-state index in [1.54, 1.807) is 6.07 Å². The van der Waals surface area contributed by atoms with Gasteiger partial charge in [-0.1, -0.05) is 6.07 Å². The Labute approximate surface area is 141 Å². The second-order valence-corrected chi connectivity index (χ2v) is 5.70. The molecule has 0 unspecified atom stereocenters. The summed E-state index contributed by atoms with van der Waals surface area (Å²) in [6.45, 7) is 1.80. The van der Waals surface area contributed by atoms with Crippen molar-refractivity contribution in [2.75, 3.05) is 47.0 Å². The topological polar surface area (TPSA) is 86.8 Å². The van der Waals surface area contributed by atoms with E-state index in [2.05, 4.69) is 15.2 Å². The van der Waals surface area contributed by atoms with Gasteiger partial charge in [-0.25, -0.2) is 4.79 Å². The number of carbonyl (C=O) groups excluding carboxylic acids is 1. The third-order valence-electron chi connectivity index (χ3n) is 3.53. The van der Waals surface area contributed by atoms with Crippen molar-refractivity contribution in [1.29, 1.82) is 0 Å². The predicted molar refractivity (Wildman–Crippen MR) is 92.5 cm³/mol. The van der Waals surface area contributed by atoms with Crippen molar-refractivity contribution < 1.29 is 19.4 Å². The Morgan fingerprint density at radius 3 is 2.92 bits per heavy atom. The second-order valence-electron chi connectivity index (χ2n) is 5.70. The molecular weight excluding hydrogens is 310 g/mol. The van der Waals surface area contributed by atoms with Crippen molar-refractivity contribution in [3.8, 4) is 5.75 Å². The van der Waals surface area contributed by atoms with E-state index in [1.807, 2.05) is 32.4 Å². The zero-order valence-electron chi connectivity index (χ0n) is 14.2. The molecule has 2 aromatic rings. The summed E-state index contributed by atoms with van der Waals surface area (Å²) in [5.74, 6) is 0.538. The van der Waals surface area contributed by atoms with Crippen LogP contribution in [-0.4, -0.2) is 68.1 Å². The third-order valence-corrected chi connectivity index (χ3v) is 3.53. The smallest absolute Gasteiger partial charge is 0.410 e. The van der Waals surface area contributed by atoms with Gasteiger partial charge in [0, 0.05) is 30.2 Å². The molecule has 24 heavy (non-hydrogen) atoms. The fraction of sp³-hybridized carbons (Fsp3) is 0.471. The number of aliphatic hydroxyl groups excluding tert-OH is 1. The molecule has 132 valence electrons. The molecule has 0 bridgehead atoms. The van der Waals surface area contributed by atoms with Crippen LogP contribution in [0.2, 0.25) is 0 Å². The van der Waals surface area contributed by atoms with E-state index in [-0.39, 0.29) is 13.2 Å². The fourth-order valence-electron chi connectivity index (χ4n) is 2.37. The number of H-pyrrole nitrogens is 1. The van der Waals surface area contributed by atoms with Crippen LogP contribution < -0.4 is 10.1 Å². The molecule has 0 fully saturated rings. The van der Waals surface area contributed by atoms with Gasteiger partial charge in [0.2, 0.25) is 0 Å². The highest BCUT2D eigenvalue weighted by atomic mass is 16.6. The number of rotatable bonds is 9. The Balaban J connectivity index is 2.00. The van der Waals surface area contributed by atoms with Crippen LogP contribution in [0.3, 0.4) is 0 Å². The Hall–Kier alpha value is -2.09. The van der Waals surface area contributed by atoms with Crippen molar-refractivity contribution in [1.82, 2.24) is 15.2 Å². The maximum Gasteiger partial charge on any atom is 0.412 e. The van der Waals surface area contributed by atoms with E-state index in [4.69, 9.17) is 14.6 Å². The van der Waals surface area contributed by atoms with Crippen LogP contribution in [0, 0.1) is 0 Å². The van der Waals surface area contributed by atoms with Crippen LogP contribution in [0.15, 0.2) is 24.4 Å². The van der Waals surface area contributed by atoms with Crippen molar-refractivity contribution in [2.24, 2.45) is 0 Å². The van der Waals surface area contributed by atoms with Crippen LogP contribution in [0.1, 0.15) is 5.56 Å². The zero-order chi connectivity index (χ0) is 17.4. The number of likely N-dealkylation sites (N-methyl/N-ethyl adjacent to an activating group) is 1. The minimum Gasteiger partial charge on any atom is -0.410 e. The molecule has 0 atom stereocenters. The number of nitrogens with zero attached hydrogens (tertiary/aromatic N) is 1. The summed E-state index contributed by atoms with van der Waals surface area (Å²) in [5.41, 5.74) is 2.06. The third kappa shape index (κ3) is 5.23. The van der Waals surface area contributed by atoms with Gasteiger partial charge in [-0.05, 0) is 38.2 Å². The number of amides is 1. The molecule has 3 N–H and O–H groups in total. The SMILES string of the molecule is CN(C)CCc1c[nH]c2cccc(OC(=O)NCCOCCO)c12. The Bertz CT molecular complexity index is 654. The number of aliphatic hydroxyl groups is 1. The minimum atomic E-state index is -0.519. The van der Waals surface area contributed by atoms with Crippen LogP contribution >= 0.6 is 0 Å². The predicted octanol–water partition coefficient (Wildman–Crippen LogP) is 1.37. The maximum absolute atomic E-state index is 11.9. The summed E-state index contributed by atoms with van der Waals surface area (Å²) in [5, 5.41) is 12.2. The summed E-state index contributed by atoms with van der Waals surface area (Å²) < 4.78 is 10.5. The molecule has 0 aliphatic rings. The highest BCUT2D eigenvalue weighted by Crippen LogP contribution is 2.29. The molecule has 1 aromatic carbocycles. The first-order chi connectivity index (χ1) is 11.6. The maximum atomic E-state index is 11.9. The quantitative estimate of drug-likeness (QED) is 0.603. The number of benzene rings is 1. The molecule has 1 aromatic heterocycles. The lowest BCUT2D eigenvalue weighted by molar-refractivity contribution is 0.0936. The lowest BCUT2D eigenvalue weighted by Crippen LogP contribution is -2.30. The van der Waals surface area contributed by atoms with Gasteiger partial charge < -0.3 is 29.8 Å². The van der Waals surface area contributed by atoms with Crippen molar-refractivity contribution in [2.45, 2.75) is 6.42 Å². The largest absolute Gasteiger partial charge is 0.412 e. The lowest BCUT2D eigenvalue weighted by atomic mass is 10.1. The number of ether oxygens (including phenoxy) is 2. The minimum absolute atomic E-state index is 0.0321. The summed E-state index contributed by atoms with van der Waals surface area (Å²) in [6.07, 6.45) is 2.31. The van der Waals surface area contributed by atoms with E-state index in [1.165, 1.54) is 0 Å². The van der Waals surface area contributed by atoms with E-state index < -0.39 is 6.09 Å². The van der Waals surface area contributed by atoms with Gasteiger partial charge in [0.15, 0.2) is 0 Å². The average Bonchev–Trinajstić information content (AvgIpc) is 2.97. The van der Waals surface area contributed by atoms with Gasteiger partial charge in [0.1, 0.15) is 5.75 Å². The van der Waals surface area contributed by atoms with Gasteiger partial charge in [-0.15, -0.1) is 0 Å². The van der Waals surface area contributed by atoms with Crippen molar-refractivity contribution in [3.05, 3.63) is 30.0 Å². The molecular formula is C17H25N3O4. The van der Waals surface area contributed by atoms with Crippen molar-refractivity contribution in [3.63, 3.8) is 0 Å². The average molecular weight is 335 g/mol. The first-order valence-electron chi connectivity index (χ1n) is 8.00. The van der Waals surface area contributed by atoms with Crippen LogP contribution in [-0.2, 0) is 11.2 Å². The molecule has 1 heterocycles. The molecule has 0 saturated carbocycles. The van der Waals surface area contributed by atoms with Gasteiger partial charge in [-0.3, -0.25) is 0 Å². The van der Waals surface area contributed by atoms with Gasteiger partial charge >= 0.3 is 6.09 Å². The van der Waals surface area contributed by atoms with E-state index in [0.29, 0.717) is 18.9 Å². The summed E-state index contributed by atoms with van der Waals surface area (Å²) >= 11 is 0.